The van der Waals surface area contributed by atoms with Gasteiger partial charge in [0.25, 0.3) is 0 Å². The Labute approximate surface area is 170 Å². The highest BCUT2D eigenvalue weighted by molar-refractivity contribution is 7.99. The molecule has 0 aliphatic carbocycles. The van der Waals surface area contributed by atoms with Crippen molar-refractivity contribution in [2.24, 2.45) is 5.92 Å². The van der Waals surface area contributed by atoms with Crippen molar-refractivity contribution in [1.29, 1.82) is 0 Å². The molecule has 1 aromatic heterocycles. The first-order valence-electron chi connectivity index (χ1n) is 9.77. The van der Waals surface area contributed by atoms with Gasteiger partial charge < -0.3 is 5.32 Å². The van der Waals surface area contributed by atoms with E-state index in [2.05, 4.69) is 51.8 Å². The van der Waals surface area contributed by atoms with Crippen LogP contribution in [0.4, 0.5) is 0 Å². The molecule has 4 nitrogen and oxygen atoms in total. The summed E-state index contributed by atoms with van der Waals surface area (Å²) in [6, 6.07) is 10.4. The number of nitrogens with zero attached hydrogens (tertiary/aromatic N) is 2. The fourth-order valence-corrected chi connectivity index (χ4v) is 4.82. The molecule has 0 radical (unpaired) electrons. The highest BCUT2D eigenvalue weighted by Gasteiger charge is 2.20. The van der Waals surface area contributed by atoms with Crippen molar-refractivity contribution in [2.45, 2.75) is 44.0 Å². The van der Waals surface area contributed by atoms with Crippen molar-refractivity contribution in [3.05, 3.63) is 46.4 Å². The first-order chi connectivity index (χ1) is 13.2. The van der Waals surface area contributed by atoms with Crippen LogP contribution in [0.1, 0.15) is 36.4 Å². The number of nitrogens with one attached hydrogen (secondary N) is 1. The minimum atomic E-state index is 0.198. The zero-order valence-corrected chi connectivity index (χ0v) is 17.7. The summed E-state index contributed by atoms with van der Waals surface area (Å²) in [5, 5.41) is 6.45. The standard InChI is InChI=1S/C21H29N3OS2/c1-17-23-19(16-27-17)15-24-11-9-18(10-12-24)14-22-21(25)8-5-13-26-20-6-3-2-4-7-20/h2-4,6-7,16,18H,5,8-15H2,1H3,(H,22,25). The Balaban J connectivity index is 1.24. The molecule has 6 heteroatoms. The molecule has 1 fully saturated rings. The Morgan fingerprint density at radius 2 is 2.07 bits per heavy atom. The topological polar surface area (TPSA) is 45.2 Å². The molecule has 27 heavy (non-hydrogen) atoms. The van der Waals surface area contributed by atoms with E-state index in [-0.39, 0.29) is 5.91 Å². The van der Waals surface area contributed by atoms with E-state index >= 15 is 0 Å². The number of amides is 1. The molecular weight excluding hydrogens is 374 g/mol. The number of benzene rings is 1. The maximum absolute atomic E-state index is 12.1. The number of rotatable bonds is 9. The third-order valence-electron chi connectivity index (χ3n) is 4.91. The Morgan fingerprint density at radius 1 is 1.30 bits per heavy atom. The number of carbonyl (C=O) groups is 1. The van der Waals surface area contributed by atoms with Crippen molar-refractivity contribution >= 4 is 29.0 Å². The molecule has 1 aliphatic rings. The number of hydrogen-bond acceptors (Lipinski definition) is 5. The van der Waals surface area contributed by atoms with Crippen LogP contribution in [0.5, 0.6) is 0 Å². The lowest BCUT2D eigenvalue weighted by Crippen LogP contribution is -2.38. The third-order valence-corrected chi connectivity index (χ3v) is 6.83. The molecule has 2 aromatic rings. The second-order valence-corrected chi connectivity index (χ2v) is 9.38. The van der Waals surface area contributed by atoms with Crippen LogP contribution in [-0.2, 0) is 11.3 Å². The molecule has 0 unspecified atom stereocenters. The molecular formula is C21H29N3OS2. The number of aromatic nitrogens is 1. The molecule has 1 saturated heterocycles. The summed E-state index contributed by atoms with van der Waals surface area (Å²) in [4.78, 5) is 20.4. The lowest BCUT2D eigenvalue weighted by atomic mass is 9.96. The number of carbonyl (C=O) groups excluding carboxylic acids is 1. The number of thioether (sulfide) groups is 1. The molecule has 146 valence electrons. The highest BCUT2D eigenvalue weighted by atomic mass is 32.2. The van der Waals surface area contributed by atoms with Crippen LogP contribution in [0.2, 0.25) is 0 Å². The summed E-state index contributed by atoms with van der Waals surface area (Å²) < 4.78 is 0. The van der Waals surface area contributed by atoms with Gasteiger partial charge in [-0.3, -0.25) is 9.69 Å². The Hall–Kier alpha value is -1.37. The summed E-state index contributed by atoms with van der Waals surface area (Å²) in [5.41, 5.74) is 1.19. The predicted octanol–water partition coefficient (Wildman–Crippen LogP) is 4.35. The van der Waals surface area contributed by atoms with Gasteiger partial charge in [0.2, 0.25) is 5.91 Å². The van der Waals surface area contributed by atoms with Gasteiger partial charge in [-0.1, -0.05) is 18.2 Å². The lowest BCUT2D eigenvalue weighted by molar-refractivity contribution is -0.121. The monoisotopic (exact) mass is 403 g/mol. The first kappa shape index (κ1) is 20.4. The van der Waals surface area contributed by atoms with Gasteiger partial charge in [-0.25, -0.2) is 4.98 Å². The smallest absolute Gasteiger partial charge is 0.220 e. The fourth-order valence-electron chi connectivity index (χ4n) is 3.34. The van der Waals surface area contributed by atoms with Gasteiger partial charge in [-0.15, -0.1) is 23.1 Å². The van der Waals surface area contributed by atoms with E-state index in [0.29, 0.717) is 12.3 Å². The van der Waals surface area contributed by atoms with Gasteiger partial charge in [0.1, 0.15) is 0 Å². The maximum atomic E-state index is 12.1. The quantitative estimate of drug-likeness (QED) is 0.499. The lowest BCUT2D eigenvalue weighted by Gasteiger charge is -2.31. The number of piperidine rings is 1. The summed E-state index contributed by atoms with van der Waals surface area (Å²) in [6.07, 6.45) is 3.87. The Bertz CT molecular complexity index is 696. The summed E-state index contributed by atoms with van der Waals surface area (Å²) in [6.45, 7) is 6.05. The van der Waals surface area contributed by atoms with Crippen LogP contribution in [0.3, 0.4) is 0 Å². The normalized spacial score (nSPS) is 15.7. The molecule has 1 aromatic carbocycles. The van der Waals surface area contributed by atoms with Gasteiger partial charge in [0, 0.05) is 29.8 Å². The van der Waals surface area contributed by atoms with E-state index in [4.69, 9.17) is 0 Å². The summed E-state index contributed by atoms with van der Waals surface area (Å²) in [7, 11) is 0. The molecule has 1 N–H and O–H groups in total. The molecule has 3 rings (SSSR count). The maximum Gasteiger partial charge on any atom is 0.220 e. The molecule has 0 bridgehead atoms. The number of likely N-dealkylation sites (tertiary alicyclic amines) is 1. The second kappa shape index (κ2) is 10.8. The van der Waals surface area contributed by atoms with Crippen molar-refractivity contribution in [3.63, 3.8) is 0 Å². The van der Waals surface area contributed by atoms with Crippen LogP contribution >= 0.6 is 23.1 Å². The van der Waals surface area contributed by atoms with E-state index in [1.165, 1.54) is 10.6 Å². The van der Waals surface area contributed by atoms with Gasteiger partial charge in [0.15, 0.2) is 0 Å². The van der Waals surface area contributed by atoms with E-state index in [0.717, 1.165) is 56.2 Å². The van der Waals surface area contributed by atoms with Crippen molar-refractivity contribution in [3.8, 4) is 0 Å². The zero-order chi connectivity index (χ0) is 18.9. The molecule has 0 saturated carbocycles. The second-order valence-electron chi connectivity index (χ2n) is 7.15. The van der Waals surface area contributed by atoms with Gasteiger partial charge >= 0.3 is 0 Å². The van der Waals surface area contributed by atoms with E-state index in [1.54, 1.807) is 11.3 Å². The minimum Gasteiger partial charge on any atom is -0.356 e. The Morgan fingerprint density at radius 3 is 2.78 bits per heavy atom. The van der Waals surface area contributed by atoms with Crippen LogP contribution in [-0.4, -0.2) is 41.2 Å². The fraction of sp³-hybridized carbons (Fsp3) is 0.524. The van der Waals surface area contributed by atoms with Gasteiger partial charge in [-0.2, -0.15) is 0 Å². The van der Waals surface area contributed by atoms with Crippen molar-refractivity contribution in [1.82, 2.24) is 15.2 Å². The third kappa shape index (κ3) is 7.28. The van der Waals surface area contributed by atoms with Crippen LogP contribution in [0.15, 0.2) is 40.6 Å². The summed E-state index contributed by atoms with van der Waals surface area (Å²) in [5.74, 6) is 1.80. The molecule has 1 aliphatic heterocycles. The minimum absolute atomic E-state index is 0.198. The largest absolute Gasteiger partial charge is 0.356 e. The molecule has 0 spiro atoms. The average Bonchev–Trinajstić information content (AvgIpc) is 3.10. The number of hydrogen-bond donors (Lipinski definition) is 1. The number of thiazole rings is 1. The number of aryl methyl sites for hydroxylation is 1. The van der Waals surface area contributed by atoms with E-state index in [1.807, 2.05) is 17.8 Å². The van der Waals surface area contributed by atoms with E-state index < -0.39 is 0 Å². The summed E-state index contributed by atoms with van der Waals surface area (Å²) >= 11 is 3.55. The SMILES string of the molecule is Cc1nc(CN2CCC(CNC(=O)CCCSc3ccccc3)CC2)cs1. The van der Waals surface area contributed by atoms with Crippen molar-refractivity contribution < 1.29 is 4.79 Å². The highest BCUT2D eigenvalue weighted by Crippen LogP contribution is 2.20. The zero-order valence-electron chi connectivity index (χ0n) is 16.0. The molecule has 2 heterocycles. The Kier molecular flexibility index (Phi) is 8.17. The van der Waals surface area contributed by atoms with Gasteiger partial charge in [0.05, 0.1) is 10.7 Å². The average molecular weight is 404 g/mol. The first-order valence-corrected chi connectivity index (χ1v) is 11.6. The van der Waals surface area contributed by atoms with Gasteiger partial charge in [-0.05, 0) is 63.1 Å². The predicted molar refractivity (Wildman–Crippen MR) is 114 cm³/mol. The van der Waals surface area contributed by atoms with Crippen LogP contribution in [0.25, 0.3) is 0 Å². The van der Waals surface area contributed by atoms with E-state index in [9.17, 15) is 4.79 Å². The van der Waals surface area contributed by atoms with Crippen LogP contribution < -0.4 is 5.32 Å². The molecule has 1 amide bonds. The van der Waals surface area contributed by atoms with Crippen molar-refractivity contribution in [2.75, 3.05) is 25.4 Å². The molecule has 0 atom stereocenters. The van der Waals surface area contributed by atoms with Crippen LogP contribution in [0, 0.1) is 12.8 Å².